The van der Waals surface area contributed by atoms with Gasteiger partial charge in [-0.2, -0.15) is 0 Å². The Morgan fingerprint density at radius 3 is 2.78 bits per heavy atom. The van der Waals surface area contributed by atoms with Crippen LogP contribution in [0.5, 0.6) is 0 Å². The number of hydrogen-bond acceptors (Lipinski definition) is 4. The third-order valence-corrected chi connectivity index (χ3v) is 2.85. The summed E-state index contributed by atoms with van der Waals surface area (Å²) >= 11 is 0. The Balaban J connectivity index is 0.00000484. The fraction of sp³-hybridized carbons (Fsp3) is 0.688. The van der Waals surface area contributed by atoms with Crippen LogP contribution < -0.4 is 10.6 Å². The summed E-state index contributed by atoms with van der Waals surface area (Å²) in [6.07, 6.45) is 1.74. The Hall–Kier alpha value is -0.800. The average Bonchev–Trinajstić information content (AvgIpc) is 3.01. The second-order valence-electron chi connectivity index (χ2n) is 5.50. The summed E-state index contributed by atoms with van der Waals surface area (Å²) in [7, 11) is 0. The molecule has 134 valence electrons. The van der Waals surface area contributed by atoms with E-state index in [1.165, 1.54) is 0 Å². The maximum atomic E-state index is 9.94. The third kappa shape index (κ3) is 10.6. The molecule has 1 heterocycles. The topological polar surface area (TPSA) is 79.0 Å². The minimum atomic E-state index is -0.722. The number of rotatable bonds is 10. The van der Waals surface area contributed by atoms with Crippen LogP contribution in [0, 0.1) is 5.92 Å². The highest BCUT2D eigenvalue weighted by Gasteiger charge is 2.09. The molecule has 1 rings (SSSR count). The van der Waals surface area contributed by atoms with Gasteiger partial charge >= 0.3 is 0 Å². The van der Waals surface area contributed by atoms with Gasteiger partial charge in [0.25, 0.3) is 0 Å². The molecule has 1 atom stereocenters. The molecule has 7 heteroatoms. The van der Waals surface area contributed by atoms with E-state index in [9.17, 15) is 5.11 Å². The molecule has 3 N–H and O–H groups in total. The fourth-order valence-electron chi connectivity index (χ4n) is 1.79. The first-order chi connectivity index (χ1) is 10.6. The molecule has 0 saturated heterocycles. The summed E-state index contributed by atoms with van der Waals surface area (Å²) in [4.78, 5) is 4.36. The van der Waals surface area contributed by atoms with E-state index in [0.29, 0.717) is 17.6 Å². The summed E-state index contributed by atoms with van der Waals surface area (Å²) in [6.45, 7) is 9.62. The van der Waals surface area contributed by atoms with E-state index in [1.54, 1.807) is 18.4 Å². The molecule has 0 aliphatic carbocycles. The number of aliphatic hydroxyl groups excluding tert-OH is 1. The van der Waals surface area contributed by atoms with Crippen molar-refractivity contribution in [2.45, 2.75) is 33.3 Å². The molecule has 0 saturated carbocycles. The maximum Gasteiger partial charge on any atom is 0.191 e. The minimum absolute atomic E-state index is 0. The molecule has 1 aromatic rings. The smallest absolute Gasteiger partial charge is 0.191 e. The van der Waals surface area contributed by atoms with Gasteiger partial charge in [-0.1, -0.05) is 13.8 Å². The largest absolute Gasteiger partial charge is 0.467 e. The molecular weight excluding hydrogens is 409 g/mol. The Morgan fingerprint density at radius 1 is 1.39 bits per heavy atom. The van der Waals surface area contributed by atoms with Crippen LogP contribution in [0.4, 0.5) is 0 Å². The van der Waals surface area contributed by atoms with Gasteiger partial charge in [-0.25, -0.2) is 0 Å². The molecule has 0 aromatic carbocycles. The van der Waals surface area contributed by atoms with E-state index in [2.05, 4.69) is 29.5 Å². The quantitative estimate of drug-likeness (QED) is 0.226. The lowest BCUT2D eigenvalue weighted by atomic mass is 10.2. The molecule has 0 radical (unpaired) electrons. The van der Waals surface area contributed by atoms with Crippen molar-refractivity contribution in [2.75, 3.05) is 32.8 Å². The number of halogens is 1. The van der Waals surface area contributed by atoms with Crippen LogP contribution in [0.15, 0.2) is 27.8 Å². The van der Waals surface area contributed by atoms with Gasteiger partial charge in [0.05, 0.1) is 12.8 Å². The third-order valence-electron chi connectivity index (χ3n) is 2.85. The van der Waals surface area contributed by atoms with Gasteiger partial charge in [0.2, 0.25) is 0 Å². The zero-order valence-corrected chi connectivity index (χ0v) is 16.6. The molecular formula is C16H30IN3O3. The highest BCUT2D eigenvalue weighted by atomic mass is 127. The first kappa shape index (κ1) is 22.2. The van der Waals surface area contributed by atoms with Crippen molar-refractivity contribution >= 4 is 29.9 Å². The lowest BCUT2D eigenvalue weighted by molar-refractivity contribution is 0.108. The van der Waals surface area contributed by atoms with Gasteiger partial charge in [0, 0.05) is 26.3 Å². The molecule has 1 unspecified atom stereocenters. The van der Waals surface area contributed by atoms with Crippen LogP contribution in [0.1, 0.15) is 39.1 Å². The summed E-state index contributed by atoms with van der Waals surface area (Å²) < 4.78 is 10.7. The van der Waals surface area contributed by atoms with E-state index in [4.69, 9.17) is 9.15 Å². The molecule has 6 nitrogen and oxygen atoms in total. The molecule has 0 spiro atoms. The van der Waals surface area contributed by atoms with Crippen molar-refractivity contribution in [1.29, 1.82) is 0 Å². The maximum absolute atomic E-state index is 9.94. The lowest BCUT2D eigenvalue weighted by Gasteiger charge is -2.12. The Kier molecular flexibility index (Phi) is 13.1. The van der Waals surface area contributed by atoms with Crippen LogP contribution in [-0.2, 0) is 4.74 Å². The second-order valence-corrected chi connectivity index (χ2v) is 5.50. The molecule has 0 aliphatic heterocycles. The SMILES string of the molecule is CCNC(=NCC(O)c1ccco1)NCCCOCC(C)C.I. The van der Waals surface area contributed by atoms with Crippen LogP contribution in [-0.4, -0.2) is 43.9 Å². The van der Waals surface area contributed by atoms with Crippen LogP contribution in [0.3, 0.4) is 0 Å². The van der Waals surface area contributed by atoms with Gasteiger partial charge < -0.3 is 24.9 Å². The predicted molar refractivity (Wildman–Crippen MR) is 103 cm³/mol. The Labute approximate surface area is 156 Å². The van der Waals surface area contributed by atoms with E-state index in [-0.39, 0.29) is 30.5 Å². The normalized spacial score (nSPS) is 12.8. The molecule has 0 bridgehead atoms. The Morgan fingerprint density at radius 2 is 2.17 bits per heavy atom. The number of nitrogens with one attached hydrogen (secondary N) is 2. The van der Waals surface area contributed by atoms with E-state index < -0.39 is 6.10 Å². The van der Waals surface area contributed by atoms with E-state index >= 15 is 0 Å². The lowest BCUT2D eigenvalue weighted by Crippen LogP contribution is -2.38. The number of furan rings is 1. The highest BCUT2D eigenvalue weighted by molar-refractivity contribution is 14.0. The second kappa shape index (κ2) is 13.6. The fourth-order valence-corrected chi connectivity index (χ4v) is 1.79. The van der Waals surface area contributed by atoms with Crippen molar-refractivity contribution in [2.24, 2.45) is 10.9 Å². The monoisotopic (exact) mass is 439 g/mol. The Bertz CT molecular complexity index is 411. The summed E-state index contributed by atoms with van der Waals surface area (Å²) in [5.41, 5.74) is 0. The van der Waals surface area contributed by atoms with Crippen LogP contribution >= 0.6 is 24.0 Å². The average molecular weight is 439 g/mol. The first-order valence-corrected chi connectivity index (χ1v) is 7.94. The summed E-state index contributed by atoms with van der Waals surface area (Å²) in [5, 5.41) is 16.3. The minimum Gasteiger partial charge on any atom is -0.467 e. The summed E-state index contributed by atoms with van der Waals surface area (Å²) in [6, 6.07) is 3.50. The predicted octanol–water partition coefficient (Wildman–Crippen LogP) is 2.55. The van der Waals surface area contributed by atoms with Crippen molar-refractivity contribution in [3.63, 3.8) is 0 Å². The number of guanidine groups is 1. The van der Waals surface area contributed by atoms with E-state index in [1.807, 2.05) is 6.92 Å². The number of nitrogens with zero attached hydrogens (tertiary/aromatic N) is 1. The molecule has 1 aromatic heterocycles. The van der Waals surface area contributed by atoms with E-state index in [0.717, 1.165) is 32.7 Å². The van der Waals surface area contributed by atoms with Gasteiger partial charge in [-0.15, -0.1) is 24.0 Å². The zero-order valence-electron chi connectivity index (χ0n) is 14.2. The summed E-state index contributed by atoms with van der Waals surface area (Å²) in [5.74, 6) is 1.79. The van der Waals surface area contributed by atoms with Crippen LogP contribution in [0.25, 0.3) is 0 Å². The van der Waals surface area contributed by atoms with Crippen LogP contribution in [0.2, 0.25) is 0 Å². The zero-order chi connectivity index (χ0) is 16.2. The van der Waals surface area contributed by atoms with Crippen molar-refractivity contribution in [1.82, 2.24) is 10.6 Å². The van der Waals surface area contributed by atoms with Gasteiger partial charge in [-0.05, 0) is 31.4 Å². The van der Waals surface area contributed by atoms with Gasteiger partial charge in [-0.3, -0.25) is 4.99 Å². The number of hydrogen-bond donors (Lipinski definition) is 3. The highest BCUT2D eigenvalue weighted by Crippen LogP contribution is 2.12. The molecule has 0 amide bonds. The van der Waals surface area contributed by atoms with Crippen molar-refractivity contribution in [3.05, 3.63) is 24.2 Å². The van der Waals surface area contributed by atoms with Crippen molar-refractivity contribution in [3.8, 4) is 0 Å². The number of aliphatic imine (C=N–C) groups is 1. The molecule has 23 heavy (non-hydrogen) atoms. The van der Waals surface area contributed by atoms with Gasteiger partial charge in [0.1, 0.15) is 11.9 Å². The molecule has 0 fully saturated rings. The van der Waals surface area contributed by atoms with Gasteiger partial charge in [0.15, 0.2) is 5.96 Å². The van der Waals surface area contributed by atoms with Crippen molar-refractivity contribution < 1.29 is 14.3 Å². The molecule has 0 aliphatic rings. The standard InChI is InChI=1S/C16H29N3O3.HI/c1-4-17-16(18-8-6-9-21-12-13(2)3)19-11-14(20)15-7-5-10-22-15;/h5,7,10,13-14,20H,4,6,8-9,11-12H2,1-3H3,(H2,17,18,19);1H. The first-order valence-electron chi connectivity index (χ1n) is 7.94. The number of ether oxygens (including phenoxy) is 1. The number of aliphatic hydroxyl groups is 1.